The Labute approximate surface area is 254 Å². The molecule has 1 fully saturated rings. The van der Waals surface area contributed by atoms with E-state index in [1.54, 1.807) is 0 Å². The van der Waals surface area contributed by atoms with Crippen molar-refractivity contribution in [3.63, 3.8) is 0 Å². The minimum atomic E-state index is 0.0542. The largest absolute Gasteiger partial charge is 0.376 e. The van der Waals surface area contributed by atoms with Crippen molar-refractivity contribution in [2.45, 2.75) is 30.6 Å². The van der Waals surface area contributed by atoms with Crippen LogP contribution in [0.4, 0.5) is 0 Å². The number of hydrogen-bond acceptors (Lipinski definition) is 6. The Balaban J connectivity index is 1.21. The van der Waals surface area contributed by atoms with Gasteiger partial charge in [0, 0.05) is 28.7 Å². The first-order chi connectivity index (χ1) is 21.2. The molecular formula is C36H30N4O2S. The van der Waals surface area contributed by atoms with Crippen LogP contribution >= 0.6 is 11.8 Å². The summed E-state index contributed by atoms with van der Waals surface area (Å²) in [4.78, 5) is 18.2. The number of Topliss-reactive ketones (excluding diaryl/α,β-unsaturated/α-hetero) is 1. The zero-order valence-electron chi connectivity index (χ0n) is 23.6. The lowest BCUT2D eigenvalue weighted by molar-refractivity contribution is 0.0953. The van der Waals surface area contributed by atoms with E-state index in [0.717, 1.165) is 64.1 Å². The summed E-state index contributed by atoms with van der Waals surface area (Å²) >= 11 is 1.42. The van der Waals surface area contributed by atoms with Crippen LogP contribution in [0, 0.1) is 0 Å². The third-order valence-corrected chi connectivity index (χ3v) is 8.77. The minimum Gasteiger partial charge on any atom is -0.376 e. The number of thioether (sulfide) groups is 1. The highest BCUT2D eigenvalue weighted by molar-refractivity contribution is 7.99. The minimum absolute atomic E-state index is 0.0542. The van der Waals surface area contributed by atoms with E-state index in [1.807, 2.05) is 78.9 Å². The Morgan fingerprint density at radius 2 is 1.51 bits per heavy atom. The lowest BCUT2D eigenvalue weighted by Gasteiger charge is -2.16. The van der Waals surface area contributed by atoms with Crippen molar-refractivity contribution < 1.29 is 9.53 Å². The molecule has 1 atom stereocenters. The molecule has 0 amide bonds. The molecule has 0 radical (unpaired) electrons. The van der Waals surface area contributed by atoms with Crippen LogP contribution in [0.2, 0.25) is 0 Å². The van der Waals surface area contributed by atoms with Crippen LogP contribution in [0.1, 0.15) is 23.2 Å². The van der Waals surface area contributed by atoms with Crippen LogP contribution in [0.25, 0.3) is 44.7 Å². The van der Waals surface area contributed by atoms with E-state index in [2.05, 4.69) is 46.1 Å². The fraction of sp³-hybridized carbons (Fsp3) is 0.167. The average Bonchev–Trinajstić information content (AvgIpc) is 3.74. The van der Waals surface area contributed by atoms with Crippen molar-refractivity contribution in [3.05, 3.63) is 121 Å². The predicted octanol–water partition coefficient (Wildman–Crippen LogP) is 7.98. The molecule has 2 aromatic heterocycles. The molecule has 3 heterocycles. The van der Waals surface area contributed by atoms with E-state index in [1.165, 1.54) is 11.8 Å². The van der Waals surface area contributed by atoms with Gasteiger partial charge in [-0.1, -0.05) is 115 Å². The second-order valence-electron chi connectivity index (χ2n) is 10.6. The van der Waals surface area contributed by atoms with Crippen LogP contribution in [0.3, 0.4) is 0 Å². The van der Waals surface area contributed by atoms with E-state index in [0.29, 0.717) is 17.3 Å². The number of nitrogens with zero attached hydrogens (tertiary/aromatic N) is 4. The fourth-order valence-corrected chi connectivity index (χ4v) is 6.40. The van der Waals surface area contributed by atoms with Gasteiger partial charge in [-0.05, 0) is 36.1 Å². The van der Waals surface area contributed by atoms with Gasteiger partial charge in [0.1, 0.15) is 0 Å². The molecule has 6 nitrogen and oxygen atoms in total. The highest BCUT2D eigenvalue weighted by Gasteiger charge is 2.24. The Morgan fingerprint density at radius 3 is 2.26 bits per heavy atom. The summed E-state index contributed by atoms with van der Waals surface area (Å²) in [6.07, 6.45) is 2.11. The molecule has 0 spiro atoms. The van der Waals surface area contributed by atoms with Crippen LogP contribution < -0.4 is 0 Å². The van der Waals surface area contributed by atoms with Gasteiger partial charge >= 0.3 is 0 Å². The van der Waals surface area contributed by atoms with Gasteiger partial charge in [-0.2, -0.15) is 0 Å². The Kier molecular flexibility index (Phi) is 7.82. The smallest absolute Gasteiger partial charge is 0.192 e. The van der Waals surface area contributed by atoms with E-state index < -0.39 is 0 Å². The predicted molar refractivity (Wildman–Crippen MR) is 172 cm³/mol. The third kappa shape index (κ3) is 5.87. The Morgan fingerprint density at radius 1 is 0.814 bits per heavy atom. The van der Waals surface area contributed by atoms with Gasteiger partial charge in [0.15, 0.2) is 16.8 Å². The molecule has 43 heavy (non-hydrogen) atoms. The number of benzene rings is 4. The van der Waals surface area contributed by atoms with Gasteiger partial charge in [-0.3, -0.25) is 9.36 Å². The summed E-state index contributed by atoms with van der Waals surface area (Å²) in [6, 6.07) is 38.4. The molecule has 0 aliphatic carbocycles. The van der Waals surface area contributed by atoms with Crippen LogP contribution in [0.5, 0.6) is 0 Å². The van der Waals surface area contributed by atoms with Gasteiger partial charge in [-0.15, -0.1) is 10.2 Å². The Bertz CT molecular complexity index is 1870. The molecule has 1 saturated heterocycles. The van der Waals surface area contributed by atoms with Crippen LogP contribution in [-0.4, -0.2) is 44.0 Å². The molecule has 212 valence electrons. The monoisotopic (exact) mass is 582 g/mol. The van der Waals surface area contributed by atoms with Crippen molar-refractivity contribution in [3.8, 4) is 33.8 Å². The first-order valence-electron chi connectivity index (χ1n) is 14.5. The highest BCUT2D eigenvalue weighted by Crippen LogP contribution is 2.34. The molecule has 0 bridgehead atoms. The molecule has 6 aromatic rings. The average molecular weight is 583 g/mol. The second-order valence-corrected chi connectivity index (χ2v) is 11.6. The maximum atomic E-state index is 13.3. The van der Waals surface area contributed by atoms with E-state index in [9.17, 15) is 4.79 Å². The second kappa shape index (κ2) is 12.3. The molecule has 0 unspecified atom stereocenters. The highest BCUT2D eigenvalue weighted by atomic mass is 32.2. The number of fused-ring (bicyclic) bond motifs is 1. The summed E-state index contributed by atoms with van der Waals surface area (Å²) in [6.45, 7) is 1.39. The van der Waals surface area contributed by atoms with Crippen LogP contribution in [0.15, 0.2) is 120 Å². The molecule has 1 aliphatic heterocycles. The SMILES string of the molecule is O=C(CSc1nnc(-c2cc(-c3ccccc3)nc3ccccc23)n1C[C@H]1CCCO1)c1ccc(-c2ccccc2)cc1. The van der Waals surface area contributed by atoms with E-state index >= 15 is 0 Å². The first kappa shape index (κ1) is 27.3. The zero-order valence-corrected chi connectivity index (χ0v) is 24.4. The number of carbonyl (C=O) groups is 1. The van der Waals surface area contributed by atoms with Gasteiger partial charge in [0.25, 0.3) is 0 Å². The van der Waals surface area contributed by atoms with Gasteiger partial charge in [-0.25, -0.2) is 4.98 Å². The topological polar surface area (TPSA) is 69.9 Å². The van der Waals surface area contributed by atoms with Crippen molar-refractivity contribution in [1.29, 1.82) is 0 Å². The lowest BCUT2D eigenvalue weighted by Crippen LogP contribution is -2.17. The maximum Gasteiger partial charge on any atom is 0.192 e. The number of hydrogen-bond donors (Lipinski definition) is 0. The van der Waals surface area contributed by atoms with Crippen molar-refractivity contribution in [2.75, 3.05) is 12.4 Å². The summed E-state index contributed by atoms with van der Waals surface area (Å²) in [7, 11) is 0. The molecule has 7 heteroatoms. The Hall–Kier alpha value is -4.59. The van der Waals surface area contributed by atoms with Gasteiger partial charge in [0.05, 0.1) is 29.6 Å². The van der Waals surface area contributed by atoms with Crippen LogP contribution in [-0.2, 0) is 11.3 Å². The quantitative estimate of drug-likeness (QED) is 0.127. The number of rotatable bonds is 9. The molecule has 1 aliphatic rings. The summed E-state index contributed by atoms with van der Waals surface area (Å²) in [5.41, 5.74) is 6.68. The zero-order chi connectivity index (χ0) is 29.0. The summed E-state index contributed by atoms with van der Waals surface area (Å²) in [5.74, 6) is 1.08. The first-order valence-corrected chi connectivity index (χ1v) is 15.5. The van der Waals surface area contributed by atoms with Gasteiger partial charge < -0.3 is 4.74 Å². The van der Waals surface area contributed by atoms with E-state index in [-0.39, 0.29) is 17.6 Å². The molecule has 4 aromatic carbocycles. The molecule has 0 N–H and O–H groups in total. The lowest BCUT2D eigenvalue weighted by atomic mass is 10.0. The van der Waals surface area contributed by atoms with Crippen molar-refractivity contribution >= 4 is 28.4 Å². The number of para-hydroxylation sites is 1. The standard InChI is InChI=1S/C36H30N4O2S/c41-34(28-19-17-26(18-20-28)25-10-3-1-4-11-25)24-43-36-39-38-35(40(36)23-29-14-9-21-42-29)31-22-33(27-12-5-2-6-13-27)37-32-16-8-7-15-30(31)32/h1-8,10-13,15-20,22,29H,9,14,21,23-24H2/t29-/m1/s1. The maximum absolute atomic E-state index is 13.3. The van der Waals surface area contributed by atoms with Crippen molar-refractivity contribution in [2.24, 2.45) is 0 Å². The summed E-state index contributed by atoms with van der Waals surface area (Å²) < 4.78 is 8.16. The van der Waals surface area contributed by atoms with Crippen molar-refractivity contribution in [1.82, 2.24) is 19.7 Å². The summed E-state index contributed by atoms with van der Waals surface area (Å²) in [5, 5.41) is 11.0. The number of ketones is 1. The number of carbonyl (C=O) groups excluding carboxylic acids is 1. The number of aromatic nitrogens is 4. The molecular weight excluding hydrogens is 552 g/mol. The number of pyridine rings is 1. The number of ether oxygens (including phenoxy) is 1. The molecule has 0 saturated carbocycles. The fourth-order valence-electron chi connectivity index (χ4n) is 5.56. The van der Waals surface area contributed by atoms with E-state index in [4.69, 9.17) is 14.8 Å². The normalized spacial score (nSPS) is 14.7. The third-order valence-electron chi connectivity index (χ3n) is 7.80. The van der Waals surface area contributed by atoms with Gasteiger partial charge in [0.2, 0.25) is 0 Å². The molecule has 7 rings (SSSR count).